The molecule has 0 bridgehead atoms. The van der Waals surface area contributed by atoms with Crippen LogP contribution in [0.3, 0.4) is 0 Å². The van der Waals surface area contributed by atoms with Crippen LogP contribution >= 0.6 is 0 Å². The zero-order chi connectivity index (χ0) is 49.0. The van der Waals surface area contributed by atoms with E-state index in [0.717, 1.165) is 38.9 Å². The van der Waals surface area contributed by atoms with Crippen LogP contribution in [0.4, 0.5) is 0 Å². The Balaban J connectivity index is 1.04. The summed E-state index contributed by atoms with van der Waals surface area (Å²) >= 11 is 0. The maximum Gasteiger partial charge on any atom is 0.187 e. The van der Waals surface area contributed by atoms with Gasteiger partial charge in [0.2, 0.25) is 0 Å². The number of hydrogen-bond donors (Lipinski definition) is 1. The average molecular weight is 973 g/mol. The van der Waals surface area contributed by atoms with E-state index in [4.69, 9.17) is 47.4 Å². The third-order valence-electron chi connectivity index (χ3n) is 12.7. The van der Waals surface area contributed by atoms with Gasteiger partial charge in [-0.05, 0) is 38.9 Å². The Hall–Kier alpha value is -5.90. The molecular weight excluding hydrogens is 909 g/mol. The largest absolute Gasteiger partial charge is 0.374 e. The molecule has 2 heterocycles. The molecule has 10 atom stereocenters. The van der Waals surface area contributed by atoms with E-state index >= 15 is 0 Å². The van der Waals surface area contributed by atoms with E-state index in [1.165, 1.54) is 0 Å². The van der Waals surface area contributed by atoms with Crippen LogP contribution in [-0.2, 0) is 93.6 Å². The Labute approximate surface area is 423 Å². The first-order chi connectivity index (χ1) is 35.6. The van der Waals surface area contributed by atoms with Crippen LogP contribution in [0.15, 0.2) is 212 Å². The van der Waals surface area contributed by atoms with Crippen molar-refractivity contribution in [3.8, 4) is 0 Å². The molecule has 7 aromatic rings. The Morgan fingerprint density at radius 1 is 0.278 bits per heavy atom. The summed E-state index contributed by atoms with van der Waals surface area (Å²) in [4.78, 5) is 0. The van der Waals surface area contributed by atoms with E-state index in [9.17, 15) is 5.11 Å². The molecule has 2 aliphatic rings. The quantitative estimate of drug-likeness (QED) is 0.0591. The van der Waals surface area contributed by atoms with E-state index in [1.54, 1.807) is 0 Å². The van der Waals surface area contributed by atoms with Gasteiger partial charge in [0.15, 0.2) is 12.6 Å². The minimum atomic E-state index is -1.41. The number of aliphatic hydroxyl groups is 1. The summed E-state index contributed by atoms with van der Waals surface area (Å²) in [6.07, 6.45) is -8.74. The Morgan fingerprint density at radius 3 is 0.917 bits per heavy atom. The van der Waals surface area contributed by atoms with Crippen molar-refractivity contribution < 1.29 is 52.5 Å². The molecule has 9 rings (SSSR count). The fourth-order valence-electron chi connectivity index (χ4n) is 8.97. The fraction of sp³-hybridized carbons (Fsp3) is 0.311. The SMILES string of the molecule is O[C@H]1O[C@H](COC2O[C@H](COCc3ccccc3)[C@H](OCc3ccccc3)[C@H](OCc3ccccc3)[C@H]2OCc2ccccc2)[C@@H](OCc2ccccc2)[C@H](OCc2ccccc2)[C@@H]1OCc1ccccc1. The fourth-order valence-corrected chi connectivity index (χ4v) is 8.97. The second-order valence-corrected chi connectivity index (χ2v) is 18.0. The maximum atomic E-state index is 12.0. The summed E-state index contributed by atoms with van der Waals surface area (Å²) in [5.41, 5.74) is 6.80. The van der Waals surface area contributed by atoms with Crippen LogP contribution in [0.1, 0.15) is 38.9 Å². The second-order valence-electron chi connectivity index (χ2n) is 18.0. The summed E-state index contributed by atoms with van der Waals surface area (Å²) in [5, 5.41) is 12.0. The van der Waals surface area contributed by atoms with Gasteiger partial charge in [-0.25, -0.2) is 0 Å². The lowest BCUT2D eigenvalue weighted by atomic mass is 9.97. The lowest BCUT2D eigenvalue weighted by Gasteiger charge is -2.47. The van der Waals surface area contributed by atoms with Crippen molar-refractivity contribution in [3.63, 3.8) is 0 Å². The van der Waals surface area contributed by atoms with Crippen molar-refractivity contribution in [2.45, 2.75) is 108 Å². The molecule has 0 aromatic heterocycles. The molecule has 72 heavy (non-hydrogen) atoms. The van der Waals surface area contributed by atoms with Gasteiger partial charge < -0.3 is 52.5 Å². The Kier molecular flexibility index (Phi) is 19.3. The molecule has 11 heteroatoms. The number of benzene rings is 7. The van der Waals surface area contributed by atoms with E-state index in [-0.39, 0.29) is 52.9 Å². The van der Waals surface area contributed by atoms with Crippen LogP contribution in [0.5, 0.6) is 0 Å². The maximum absolute atomic E-state index is 12.0. The molecule has 7 aromatic carbocycles. The van der Waals surface area contributed by atoms with Crippen LogP contribution < -0.4 is 0 Å². The van der Waals surface area contributed by atoms with Crippen molar-refractivity contribution >= 4 is 0 Å². The molecule has 0 spiro atoms. The predicted octanol–water partition coefficient (Wildman–Crippen LogP) is 10.2. The highest BCUT2D eigenvalue weighted by Gasteiger charge is 2.52. The first-order valence-electron chi connectivity index (χ1n) is 24.8. The molecule has 0 amide bonds. The minimum absolute atomic E-state index is 0.0957. The molecule has 0 saturated carbocycles. The lowest BCUT2D eigenvalue weighted by Crippen LogP contribution is -2.63. The second kappa shape index (κ2) is 27.2. The van der Waals surface area contributed by atoms with Gasteiger partial charge in [0.1, 0.15) is 48.8 Å². The number of aliphatic hydroxyl groups excluding tert-OH is 1. The summed E-state index contributed by atoms with van der Waals surface area (Å²) in [5.74, 6) is 0. The number of rotatable bonds is 25. The third-order valence-corrected chi connectivity index (χ3v) is 12.7. The highest BCUT2D eigenvalue weighted by molar-refractivity contribution is 5.19. The number of ether oxygens (including phenoxy) is 10. The van der Waals surface area contributed by atoms with Gasteiger partial charge in [-0.2, -0.15) is 0 Å². The topological polar surface area (TPSA) is 113 Å². The van der Waals surface area contributed by atoms with Crippen molar-refractivity contribution in [1.82, 2.24) is 0 Å². The van der Waals surface area contributed by atoms with Gasteiger partial charge in [-0.3, -0.25) is 0 Å². The van der Waals surface area contributed by atoms with Crippen LogP contribution in [0, 0.1) is 0 Å². The van der Waals surface area contributed by atoms with Crippen molar-refractivity contribution in [2.75, 3.05) is 13.2 Å². The molecule has 1 N–H and O–H groups in total. The predicted molar refractivity (Wildman–Crippen MR) is 272 cm³/mol. The molecule has 374 valence electrons. The summed E-state index contributed by atoms with van der Waals surface area (Å²) in [7, 11) is 0. The van der Waals surface area contributed by atoms with Crippen LogP contribution in [0.2, 0.25) is 0 Å². The smallest absolute Gasteiger partial charge is 0.187 e. The minimum Gasteiger partial charge on any atom is -0.374 e. The molecular formula is C61H64O11. The monoisotopic (exact) mass is 972 g/mol. The third kappa shape index (κ3) is 14.8. The Bertz CT molecular complexity index is 2550. The van der Waals surface area contributed by atoms with Gasteiger partial charge >= 0.3 is 0 Å². The first-order valence-corrected chi connectivity index (χ1v) is 24.8. The molecule has 0 radical (unpaired) electrons. The average Bonchev–Trinajstić information content (AvgIpc) is 3.44. The zero-order valence-corrected chi connectivity index (χ0v) is 40.4. The first kappa shape index (κ1) is 51.0. The lowest BCUT2D eigenvalue weighted by molar-refractivity contribution is -0.349. The Morgan fingerprint density at radius 2 is 0.556 bits per heavy atom. The summed E-state index contributed by atoms with van der Waals surface area (Å²) in [6.45, 7) is 1.89. The van der Waals surface area contributed by atoms with Crippen molar-refractivity contribution in [1.29, 1.82) is 0 Å². The molecule has 2 aliphatic heterocycles. The van der Waals surface area contributed by atoms with E-state index < -0.39 is 61.4 Å². The number of hydrogen-bond acceptors (Lipinski definition) is 11. The summed E-state index contributed by atoms with van der Waals surface area (Å²) in [6, 6.07) is 69.7. The summed E-state index contributed by atoms with van der Waals surface area (Å²) < 4.78 is 67.9. The van der Waals surface area contributed by atoms with Crippen LogP contribution in [0.25, 0.3) is 0 Å². The van der Waals surface area contributed by atoms with Gasteiger partial charge in [0.05, 0.1) is 59.5 Å². The standard InChI is InChI=1S/C61H64O11/c62-60-58(68-41-50-32-18-6-19-33-50)56(66-39-48-28-14-4-15-29-48)55(65-38-47-26-12-3-13-27-47)53(71-60)44-70-61-59(69-42-51-34-20-7-21-35-51)57(67-40-49-30-16-5-17-31-49)54(64-37-46-24-10-2-11-25-46)52(72-61)43-63-36-45-22-8-1-9-23-45/h1-35,52-62H,36-44H2/t52-,53-,54+,55-,56+,57+,58+,59-,60+,61?/m1/s1. The van der Waals surface area contributed by atoms with Crippen molar-refractivity contribution in [2.24, 2.45) is 0 Å². The highest BCUT2D eigenvalue weighted by atomic mass is 16.7. The normalized spacial score (nSPS) is 24.2. The van der Waals surface area contributed by atoms with Gasteiger partial charge in [-0.1, -0.05) is 212 Å². The highest BCUT2D eigenvalue weighted by Crippen LogP contribution is 2.34. The molecule has 11 nitrogen and oxygen atoms in total. The van der Waals surface area contributed by atoms with Crippen LogP contribution in [-0.4, -0.2) is 79.7 Å². The van der Waals surface area contributed by atoms with E-state index in [0.29, 0.717) is 6.61 Å². The molecule has 2 saturated heterocycles. The van der Waals surface area contributed by atoms with E-state index in [2.05, 4.69) is 0 Å². The zero-order valence-electron chi connectivity index (χ0n) is 40.4. The molecule has 2 fully saturated rings. The molecule has 1 unspecified atom stereocenters. The van der Waals surface area contributed by atoms with E-state index in [1.807, 2.05) is 212 Å². The van der Waals surface area contributed by atoms with Gasteiger partial charge in [0, 0.05) is 0 Å². The molecule has 0 aliphatic carbocycles. The van der Waals surface area contributed by atoms with Gasteiger partial charge in [-0.15, -0.1) is 0 Å². The van der Waals surface area contributed by atoms with Gasteiger partial charge in [0.25, 0.3) is 0 Å². The van der Waals surface area contributed by atoms with Crippen molar-refractivity contribution in [3.05, 3.63) is 251 Å².